The Hall–Kier alpha value is 2.47. The van der Waals surface area contributed by atoms with Gasteiger partial charge in [0.1, 0.15) is 6.47 Å². The van der Waals surface area contributed by atoms with E-state index < -0.39 is 6.47 Å². The summed E-state index contributed by atoms with van der Waals surface area (Å²) in [6.45, 7) is 0. The Morgan fingerprint density at radius 1 is 0.682 bits per heavy atom. The summed E-state index contributed by atoms with van der Waals surface area (Å²) in [5, 5.41) is 0. The van der Waals surface area contributed by atoms with Gasteiger partial charge >= 0.3 is 0 Å². The van der Waals surface area contributed by atoms with Gasteiger partial charge in [0.25, 0.3) is 0 Å². The summed E-state index contributed by atoms with van der Waals surface area (Å²) in [6, 6.07) is 0. The number of hydrogen-bond donors (Lipinski definition) is 0. The SMILES string of the molecule is O=C(C1C(Br)=CC(Br)(Br)C=C1Br)C1C(Br)=CC(Br)(Br)C=C1Br. The molecule has 0 aromatic carbocycles. The number of hydrogen-bond acceptors (Lipinski definition) is 1. The molecule has 0 spiro atoms. The first-order valence-corrected chi connectivity index (χ1v) is 12.1. The molecule has 0 fully saturated rings. The third kappa shape index (κ3) is 4.80. The fraction of sp³-hybridized carbons (Fsp3) is 0.308. The van der Waals surface area contributed by atoms with Gasteiger partial charge in [0.15, 0.2) is 5.78 Å². The highest BCUT2D eigenvalue weighted by molar-refractivity contribution is 9.26. The summed E-state index contributed by atoms with van der Waals surface area (Å²) in [7, 11) is 0. The van der Waals surface area contributed by atoms with Crippen LogP contribution >= 0.6 is 127 Å². The maximum atomic E-state index is 13.1. The van der Waals surface area contributed by atoms with Crippen LogP contribution in [0.15, 0.2) is 42.2 Å². The number of halogens is 8. The molecule has 0 unspecified atom stereocenters. The van der Waals surface area contributed by atoms with Crippen molar-refractivity contribution in [3.63, 3.8) is 0 Å². The van der Waals surface area contributed by atoms with Gasteiger partial charge in [-0.2, -0.15) is 0 Å². The van der Waals surface area contributed by atoms with Gasteiger partial charge in [-0.3, -0.25) is 4.79 Å². The number of Topliss-reactive ketones (excluding diaryl/α,β-unsaturated/α-hetero) is 1. The van der Waals surface area contributed by atoms with Crippen molar-refractivity contribution in [2.45, 2.75) is 6.47 Å². The van der Waals surface area contributed by atoms with E-state index in [0.717, 1.165) is 17.9 Å². The lowest BCUT2D eigenvalue weighted by Gasteiger charge is -2.30. The molecule has 2 rings (SSSR count). The van der Waals surface area contributed by atoms with Gasteiger partial charge in [-0.15, -0.1) is 0 Å². The first kappa shape index (κ1) is 20.8. The van der Waals surface area contributed by atoms with Crippen LogP contribution in [-0.4, -0.2) is 12.3 Å². The van der Waals surface area contributed by atoms with Crippen LogP contribution in [0.5, 0.6) is 0 Å². The number of alkyl halides is 4. The number of rotatable bonds is 2. The Kier molecular flexibility index (Phi) is 7.18. The Morgan fingerprint density at radius 2 is 0.909 bits per heavy atom. The van der Waals surface area contributed by atoms with Crippen LogP contribution in [0.3, 0.4) is 0 Å². The largest absolute Gasteiger partial charge is 0.297 e. The van der Waals surface area contributed by atoms with Crippen molar-refractivity contribution in [1.29, 1.82) is 0 Å². The Labute approximate surface area is 195 Å². The summed E-state index contributed by atoms with van der Waals surface area (Å²) in [6.07, 6.45) is 7.66. The third-order valence-corrected chi connectivity index (χ3v) is 7.57. The minimum absolute atomic E-state index is 0.0588. The smallest absolute Gasteiger partial charge is 0.158 e. The van der Waals surface area contributed by atoms with Gasteiger partial charge in [0.2, 0.25) is 0 Å². The molecule has 0 bridgehead atoms. The van der Waals surface area contributed by atoms with Gasteiger partial charge in [0.05, 0.1) is 11.8 Å². The van der Waals surface area contributed by atoms with Crippen molar-refractivity contribution in [2.24, 2.45) is 11.8 Å². The normalized spacial score (nSPS) is 25.1. The van der Waals surface area contributed by atoms with Gasteiger partial charge < -0.3 is 0 Å². The molecule has 0 amide bonds. The molecule has 120 valence electrons. The maximum absolute atomic E-state index is 13.1. The van der Waals surface area contributed by atoms with Gasteiger partial charge in [-0.1, -0.05) is 127 Å². The Bertz CT molecular complexity index is 542. The number of carbonyl (C=O) groups excluding carboxylic acids is 1. The van der Waals surface area contributed by atoms with E-state index in [9.17, 15) is 4.79 Å². The van der Waals surface area contributed by atoms with Crippen molar-refractivity contribution >= 4 is 133 Å². The molecule has 0 aromatic heterocycles. The summed E-state index contributed by atoms with van der Waals surface area (Å²) in [4.78, 5) is 13.1. The molecular formula is C13H6Br8O. The van der Waals surface area contributed by atoms with Crippen LogP contribution in [0, 0.1) is 11.8 Å². The zero-order valence-electron chi connectivity index (χ0n) is 10.4. The molecule has 1 nitrogen and oxygen atoms in total. The van der Waals surface area contributed by atoms with Crippen molar-refractivity contribution in [3.8, 4) is 0 Å². The van der Waals surface area contributed by atoms with Crippen molar-refractivity contribution < 1.29 is 4.79 Å². The molecule has 22 heavy (non-hydrogen) atoms. The van der Waals surface area contributed by atoms with Gasteiger partial charge in [-0.25, -0.2) is 0 Å². The van der Waals surface area contributed by atoms with E-state index in [4.69, 9.17) is 0 Å². The van der Waals surface area contributed by atoms with Crippen LogP contribution in [0.4, 0.5) is 0 Å². The average molecular weight is 817 g/mol. The molecule has 0 aromatic rings. The maximum Gasteiger partial charge on any atom is 0.158 e. The first-order chi connectivity index (χ1) is 9.93. The predicted octanol–water partition coefficient (Wildman–Crippen LogP) is 7.90. The standard InChI is InChI=1S/C13H6Br8O/c14-5-1-12(18,19)2-6(15)9(5)11(22)10-7(16)3-13(20,21)4-8(10)17/h1-4,9-10H. The fourth-order valence-corrected chi connectivity index (χ4v) is 10.5. The Morgan fingerprint density at radius 3 is 1.14 bits per heavy atom. The van der Waals surface area contributed by atoms with Crippen LogP contribution < -0.4 is 0 Å². The number of carbonyl (C=O) groups is 1. The summed E-state index contributed by atoms with van der Waals surface area (Å²) in [5.74, 6) is -0.704. The quantitative estimate of drug-likeness (QED) is 0.259. The van der Waals surface area contributed by atoms with Gasteiger partial charge in [0, 0.05) is 17.9 Å². The van der Waals surface area contributed by atoms with E-state index in [2.05, 4.69) is 127 Å². The van der Waals surface area contributed by atoms with Crippen molar-refractivity contribution in [3.05, 3.63) is 42.2 Å². The lowest BCUT2D eigenvalue weighted by Crippen LogP contribution is -2.30. The van der Waals surface area contributed by atoms with E-state index >= 15 is 0 Å². The minimum Gasteiger partial charge on any atom is -0.297 e. The first-order valence-electron chi connectivity index (χ1n) is 5.76. The van der Waals surface area contributed by atoms with Crippen LogP contribution in [0.1, 0.15) is 0 Å². The molecule has 0 aliphatic heterocycles. The fourth-order valence-electron chi connectivity index (χ4n) is 2.13. The van der Waals surface area contributed by atoms with Crippen molar-refractivity contribution in [2.75, 3.05) is 0 Å². The summed E-state index contributed by atoms with van der Waals surface area (Å²) >= 11 is 28.2. The molecule has 0 saturated heterocycles. The molecule has 0 N–H and O–H groups in total. The van der Waals surface area contributed by atoms with E-state index in [1.807, 2.05) is 24.3 Å². The van der Waals surface area contributed by atoms with E-state index in [1.165, 1.54) is 0 Å². The number of ketones is 1. The van der Waals surface area contributed by atoms with Gasteiger partial charge in [-0.05, 0) is 24.3 Å². The molecule has 2 aliphatic rings. The second-order valence-electron chi connectivity index (χ2n) is 4.73. The van der Waals surface area contributed by atoms with E-state index in [1.54, 1.807) is 0 Å². The molecule has 2 aliphatic carbocycles. The van der Waals surface area contributed by atoms with Crippen LogP contribution in [-0.2, 0) is 4.79 Å². The molecule has 0 heterocycles. The second kappa shape index (κ2) is 7.61. The highest BCUT2D eigenvalue weighted by Gasteiger charge is 2.40. The topological polar surface area (TPSA) is 17.1 Å². The molecule has 0 saturated carbocycles. The summed E-state index contributed by atoms with van der Waals surface area (Å²) < 4.78 is 2.29. The number of allylic oxidation sites excluding steroid dienone is 8. The average Bonchev–Trinajstić information content (AvgIpc) is 2.21. The molecular weight excluding hydrogens is 811 g/mol. The predicted molar refractivity (Wildman–Crippen MR) is 121 cm³/mol. The second-order valence-corrected chi connectivity index (χ2v) is 15.8. The lowest BCUT2D eigenvalue weighted by molar-refractivity contribution is -0.122. The summed E-state index contributed by atoms with van der Waals surface area (Å²) in [5.41, 5.74) is 0. The van der Waals surface area contributed by atoms with Crippen LogP contribution in [0.2, 0.25) is 0 Å². The lowest BCUT2D eigenvalue weighted by atomic mass is 9.87. The van der Waals surface area contributed by atoms with E-state index in [0.29, 0.717) is 0 Å². The molecule has 0 radical (unpaired) electrons. The van der Waals surface area contributed by atoms with Crippen LogP contribution in [0.25, 0.3) is 0 Å². The molecule has 0 atom stereocenters. The third-order valence-electron chi connectivity index (χ3n) is 2.99. The zero-order valence-corrected chi connectivity index (χ0v) is 23.1. The highest BCUT2D eigenvalue weighted by atomic mass is 79.9. The monoisotopic (exact) mass is 809 g/mol. The van der Waals surface area contributed by atoms with Crippen molar-refractivity contribution in [1.82, 2.24) is 0 Å². The minimum atomic E-state index is -0.456. The highest BCUT2D eigenvalue weighted by Crippen LogP contribution is 2.49. The zero-order chi connectivity index (χ0) is 16.9. The van der Waals surface area contributed by atoms with E-state index in [-0.39, 0.29) is 17.6 Å². The Balaban J connectivity index is 2.38. The molecule has 9 heteroatoms.